The van der Waals surface area contributed by atoms with Crippen LogP contribution in [-0.2, 0) is 6.54 Å². The average molecular weight is 269 g/mol. The lowest BCUT2D eigenvalue weighted by molar-refractivity contribution is 0.753. The summed E-state index contributed by atoms with van der Waals surface area (Å²) in [5, 5.41) is 0.812. The number of nitrogens with zero attached hydrogens (tertiary/aromatic N) is 2. The molecular formula is C15H25ClN2. The Hall–Kier alpha value is -1.02. The van der Waals surface area contributed by atoms with Crippen LogP contribution in [0.4, 0.5) is 0 Å². The Morgan fingerprint density at radius 3 is 2.17 bits per heavy atom. The molecule has 1 aromatic heterocycles. The largest absolute Gasteiger partial charge is 0.328 e. The smallest absolute Gasteiger partial charge is 0.106 e. The van der Waals surface area contributed by atoms with Gasteiger partial charge in [0.2, 0.25) is 0 Å². The number of hydrogen-bond acceptors (Lipinski definition) is 1. The van der Waals surface area contributed by atoms with Gasteiger partial charge in [-0.05, 0) is 38.5 Å². The topological polar surface area (TPSA) is 17.8 Å². The summed E-state index contributed by atoms with van der Waals surface area (Å²) in [5.74, 6) is 1.05. The Labute approximate surface area is 116 Å². The van der Waals surface area contributed by atoms with E-state index in [1.165, 1.54) is 0 Å². The van der Waals surface area contributed by atoms with Crippen molar-refractivity contribution in [2.75, 3.05) is 0 Å². The number of rotatable bonds is 1. The van der Waals surface area contributed by atoms with Gasteiger partial charge in [0.15, 0.2) is 0 Å². The van der Waals surface area contributed by atoms with Gasteiger partial charge < -0.3 is 4.57 Å². The second kappa shape index (κ2) is 8.15. The van der Waals surface area contributed by atoms with Crippen LogP contribution in [0.3, 0.4) is 0 Å². The highest BCUT2D eigenvalue weighted by molar-refractivity contribution is 6.32. The van der Waals surface area contributed by atoms with Gasteiger partial charge in [-0.15, -0.1) is 0 Å². The number of halogens is 1. The van der Waals surface area contributed by atoms with Crippen molar-refractivity contribution in [3.63, 3.8) is 0 Å². The molecule has 2 aromatic rings. The fourth-order valence-electron chi connectivity index (χ4n) is 1.77. The van der Waals surface area contributed by atoms with Crippen molar-refractivity contribution < 1.29 is 0 Å². The number of hydrogen-bond donors (Lipinski definition) is 0. The van der Waals surface area contributed by atoms with Crippen molar-refractivity contribution in [1.29, 1.82) is 0 Å². The Kier molecular flexibility index (Phi) is 7.69. The third kappa shape index (κ3) is 3.49. The van der Waals surface area contributed by atoms with Crippen molar-refractivity contribution in [2.24, 2.45) is 0 Å². The lowest BCUT2D eigenvalue weighted by Gasteiger charge is -2.02. The van der Waals surface area contributed by atoms with Gasteiger partial charge in [0.05, 0.1) is 11.0 Å². The lowest BCUT2D eigenvalue weighted by atomic mass is 10.2. The van der Waals surface area contributed by atoms with E-state index >= 15 is 0 Å². The molecule has 0 radical (unpaired) electrons. The predicted octanol–water partition coefficient (Wildman–Crippen LogP) is 5.38. The first kappa shape index (κ1) is 17.0. The van der Waals surface area contributed by atoms with E-state index in [9.17, 15) is 0 Å². The van der Waals surface area contributed by atoms with Crippen LogP contribution in [0.5, 0.6) is 0 Å². The zero-order valence-electron chi connectivity index (χ0n) is 12.6. The van der Waals surface area contributed by atoms with Gasteiger partial charge in [-0.2, -0.15) is 0 Å². The maximum Gasteiger partial charge on any atom is 0.106 e. The van der Waals surface area contributed by atoms with Gasteiger partial charge in [0, 0.05) is 11.6 Å². The number of imidazole rings is 1. The molecule has 1 aromatic carbocycles. The first-order valence-electron chi connectivity index (χ1n) is 6.76. The minimum atomic E-state index is 0.812. The molecule has 2 rings (SSSR count). The van der Waals surface area contributed by atoms with Gasteiger partial charge >= 0.3 is 0 Å². The highest BCUT2D eigenvalue weighted by atomic mass is 35.5. The van der Waals surface area contributed by atoms with E-state index in [2.05, 4.69) is 16.5 Å². The second-order valence-corrected chi connectivity index (χ2v) is 3.90. The van der Waals surface area contributed by atoms with Crippen LogP contribution >= 0.6 is 11.6 Å². The second-order valence-electron chi connectivity index (χ2n) is 3.49. The van der Waals surface area contributed by atoms with Crippen molar-refractivity contribution in [3.05, 3.63) is 28.5 Å². The highest BCUT2D eigenvalue weighted by Crippen LogP contribution is 2.23. The van der Waals surface area contributed by atoms with Gasteiger partial charge in [0.25, 0.3) is 0 Å². The van der Waals surface area contributed by atoms with E-state index in [4.69, 9.17) is 11.6 Å². The number of fused-ring (bicyclic) bond motifs is 1. The molecule has 0 atom stereocenters. The summed E-state index contributed by atoms with van der Waals surface area (Å²) in [7, 11) is 0. The van der Waals surface area contributed by atoms with Crippen LogP contribution in [0.25, 0.3) is 11.0 Å². The summed E-state index contributed by atoms with van der Waals surface area (Å²) in [6, 6.07) is 4.03. The van der Waals surface area contributed by atoms with Crippen LogP contribution < -0.4 is 0 Å². The molecule has 1 heterocycles. The van der Waals surface area contributed by atoms with Gasteiger partial charge in [-0.1, -0.05) is 39.3 Å². The molecule has 0 bridgehead atoms. The number of aromatic nitrogens is 2. The third-order valence-electron chi connectivity index (χ3n) is 2.54. The Balaban J connectivity index is 0.000000659. The first-order valence-corrected chi connectivity index (χ1v) is 7.14. The Morgan fingerprint density at radius 2 is 1.67 bits per heavy atom. The van der Waals surface area contributed by atoms with Gasteiger partial charge in [-0.3, -0.25) is 0 Å². The maximum atomic E-state index is 6.08. The van der Waals surface area contributed by atoms with E-state index in [-0.39, 0.29) is 0 Å². The van der Waals surface area contributed by atoms with Gasteiger partial charge in [-0.25, -0.2) is 4.98 Å². The molecule has 0 aliphatic rings. The van der Waals surface area contributed by atoms with Crippen molar-refractivity contribution in [1.82, 2.24) is 9.55 Å². The molecule has 0 amide bonds. The summed E-state index contributed by atoms with van der Waals surface area (Å²) >= 11 is 6.08. The predicted molar refractivity (Wildman–Crippen MR) is 82.6 cm³/mol. The summed E-state index contributed by atoms with van der Waals surface area (Å²) in [4.78, 5) is 4.49. The number of aryl methyl sites for hydroxylation is 3. The lowest BCUT2D eigenvalue weighted by Crippen LogP contribution is -1.96. The minimum absolute atomic E-state index is 0.812. The molecule has 0 saturated carbocycles. The first-order chi connectivity index (χ1) is 8.63. The highest BCUT2D eigenvalue weighted by Gasteiger charge is 2.07. The summed E-state index contributed by atoms with van der Waals surface area (Å²) in [6.07, 6.45) is 0. The Morgan fingerprint density at radius 1 is 1.11 bits per heavy atom. The minimum Gasteiger partial charge on any atom is -0.328 e. The molecule has 0 aliphatic heterocycles. The third-order valence-corrected chi connectivity index (χ3v) is 2.94. The number of benzene rings is 1. The van der Waals surface area contributed by atoms with E-state index in [0.717, 1.165) is 34.0 Å². The molecule has 0 spiro atoms. The molecular weight excluding hydrogens is 244 g/mol. The molecule has 0 aliphatic carbocycles. The molecule has 0 N–H and O–H groups in total. The SMILES string of the molecule is CC.CC.CCn1c(C)nc2cc(C)c(Cl)cc21. The molecule has 0 fully saturated rings. The average Bonchev–Trinajstić information content (AvgIpc) is 2.70. The van der Waals surface area contributed by atoms with E-state index in [1.54, 1.807) is 0 Å². The van der Waals surface area contributed by atoms with Crippen LogP contribution in [0.15, 0.2) is 12.1 Å². The van der Waals surface area contributed by atoms with Crippen LogP contribution in [0, 0.1) is 13.8 Å². The molecule has 2 nitrogen and oxygen atoms in total. The molecule has 0 saturated heterocycles. The maximum absolute atomic E-state index is 6.08. The van der Waals surface area contributed by atoms with Crippen LogP contribution in [-0.4, -0.2) is 9.55 Å². The van der Waals surface area contributed by atoms with E-state index in [1.807, 2.05) is 53.7 Å². The standard InChI is InChI=1S/C11H13ClN2.2C2H6/c1-4-14-8(3)13-10-5-7(2)9(12)6-11(10)14;2*1-2/h5-6H,4H2,1-3H3;2*1-2H3. The summed E-state index contributed by atoms with van der Waals surface area (Å²) in [6.45, 7) is 15.1. The van der Waals surface area contributed by atoms with E-state index in [0.29, 0.717) is 0 Å². The van der Waals surface area contributed by atoms with Crippen molar-refractivity contribution in [3.8, 4) is 0 Å². The normalized spacial score (nSPS) is 9.33. The quantitative estimate of drug-likeness (QED) is 0.679. The molecule has 3 heteroatoms. The zero-order valence-corrected chi connectivity index (χ0v) is 13.4. The van der Waals surface area contributed by atoms with Crippen molar-refractivity contribution >= 4 is 22.6 Å². The molecule has 18 heavy (non-hydrogen) atoms. The van der Waals surface area contributed by atoms with Crippen LogP contribution in [0.2, 0.25) is 5.02 Å². The zero-order chi connectivity index (χ0) is 14.3. The van der Waals surface area contributed by atoms with Crippen molar-refractivity contribution in [2.45, 2.75) is 55.0 Å². The van der Waals surface area contributed by atoms with Gasteiger partial charge in [0.1, 0.15) is 5.82 Å². The monoisotopic (exact) mass is 268 g/mol. The molecule has 0 unspecified atom stereocenters. The summed E-state index contributed by atoms with van der Waals surface area (Å²) in [5.41, 5.74) is 3.24. The fourth-order valence-corrected chi connectivity index (χ4v) is 1.93. The van der Waals surface area contributed by atoms with Crippen LogP contribution in [0.1, 0.15) is 46.0 Å². The Bertz CT molecular complexity index is 487. The molecule has 102 valence electrons. The fraction of sp³-hybridized carbons (Fsp3) is 0.533. The van der Waals surface area contributed by atoms with E-state index < -0.39 is 0 Å². The summed E-state index contributed by atoms with van der Waals surface area (Å²) < 4.78 is 2.17.